The fourth-order valence-corrected chi connectivity index (χ4v) is 3.04. The molecule has 0 spiro atoms. The van der Waals surface area contributed by atoms with Crippen LogP contribution in [0.25, 0.3) is 0 Å². The number of carbonyl (C=O) groups is 1. The minimum absolute atomic E-state index is 0.0675. The summed E-state index contributed by atoms with van der Waals surface area (Å²) in [5.74, 6) is 0.107. The van der Waals surface area contributed by atoms with Crippen molar-refractivity contribution in [2.75, 3.05) is 26.2 Å². The lowest BCUT2D eigenvalue weighted by molar-refractivity contribution is -0.144. The summed E-state index contributed by atoms with van der Waals surface area (Å²) in [5.41, 5.74) is 1.65. The van der Waals surface area contributed by atoms with Gasteiger partial charge in [-0.25, -0.2) is 0 Å². The largest absolute Gasteiger partial charge is 0.372 e. The van der Waals surface area contributed by atoms with Crippen molar-refractivity contribution in [2.24, 2.45) is 0 Å². The van der Waals surface area contributed by atoms with Gasteiger partial charge in [-0.15, -0.1) is 6.58 Å². The Labute approximate surface area is 144 Å². The number of carbonyl (C=O) groups excluding carboxylic acids is 1. The SMILES string of the molecule is C=CCN(CC(=O)N1C[C@H](C)O[C@@H](C)C1)Cc1cccc(C#N)c1. The van der Waals surface area contributed by atoms with Crippen LogP contribution < -0.4 is 0 Å². The van der Waals surface area contributed by atoms with Gasteiger partial charge in [-0.1, -0.05) is 18.2 Å². The van der Waals surface area contributed by atoms with Crippen LogP contribution in [0.3, 0.4) is 0 Å². The van der Waals surface area contributed by atoms with Crippen molar-refractivity contribution in [1.29, 1.82) is 5.26 Å². The van der Waals surface area contributed by atoms with Crippen LogP contribution in [-0.4, -0.2) is 54.1 Å². The summed E-state index contributed by atoms with van der Waals surface area (Å²) in [4.78, 5) is 16.5. The first-order valence-electron chi connectivity index (χ1n) is 8.27. The number of rotatable bonds is 6. The molecule has 1 amide bonds. The Balaban J connectivity index is 2.00. The molecule has 1 fully saturated rings. The molecule has 0 aromatic heterocycles. The minimum atomic E-state index is 0.0675. The third-order valence-corrected chi connectivity index (χ3v) is 3.98. The van der Waals surface area contributed by atoms with Crippen LogP contribution in [0, 0.1) is 11.3 Å². The number of hydrogen-bond donors (Lipinski definition) is 0. The molecule has 1 heterocycles. The van der Waals surface area contributed by atoms with E-state index in [1.807, 2.05) is 41.8 Å². The highest BCUT2D eigenvalue weighted by Crippen LogP contribution is 2.13. The van der Waals surface area contributed by atoms with Crippen LogP contribution in [0.4, 0.5) is 0 Å². The molecule has 1 aromatic carbocycles. The summed E-state index contributed by atoms with van der Waals surface area (Å²) >= 11 is 0. The lowest BCUT2D eigenvalue weighted by atomic mass is 10.1. The van der Waals surface area contributed by atoms with E-state index < -0.39 is 0 Å². The molecule has 0 aliphatic carbocycles. The molecule has 0 N–H and O–H groups in total. The monoisotopic (exact) mass is 327 g/mol. The molecule has 1 aliphatic rings. The third kappa shape index (κ3) is 5.19. The van der Waals surface area contributed by atoms with E-state index in [4.69, 9.17) is 10.00 Å². The Morgan fingerprint density at radius 2 is 2.17 bits per heavy atom. The standard InChI is InChI=1S/C19H25N3O2/c1-4-8-21(13-18-7-5-6-17(9-18)10-20)14-19(23)22-11-15(2)24-16(3)12-22/h4-7,9,15-16H,1,8,11-14H2,2-3H3/t15-,16-/m0/s1. The van der Waals surface area contributed by atoms with E-state index in [1.165, 1.54) is 0 Å². The van der Waals surface area contributed by atoms with E-state index >= 15 is 0 Å². The zero-order valence-corrected chi connectivity index (χ0v) is 14.4. The summed E-state index contributed by atoms with van der Waals surface area (Å²) in [6.45, 7) is 10.6. The first kappa shape index (κ1) is 18.2. The highest BCUT2D eigenvalue weighted by Gasteiger charge is 2.26. The fourth-order valence-electron chi connectivity index (χ4n) is 3.04. The van der Waals surface area contributed by atoms with Gasteiger partial charge >= 0.3 is 0 Å². The van der Waals surface area contributed by atoms with Crippen LogP contribution in [0.2, 0.25) is 0 Å². The first-order chi connectivity index (χ1) is 11.5. The van der Waals surface area contributed by atoms with Crippen LogP contribution in [0.5, 0.6) is 0 Å². The first-order valence-corrected chi connectivity index (χ1v) is 8.27. The van der Waals surface area contributed by atoms with Gasteiger partial charge in [0, 0.05) is 26.2 Å². The maximum atomic E-state index is 12.6. The molecule has 5 heteroatoms. The number of amides is 1. The lowest BCUT2D eigenvalue weighted by Crippen LogP contribution is -2.51. The molecule has 0 unspecified atom stereocenters. The van der Waals surface area contributed by atoms with Gasteiger partial charge in [-0.3, -0.25) is 9.69 Å². The number of ether oxygens (including phenoxy) is 1. The molecule has 1 saturated heterocycles. The van der Waals surface area contributed by atoms with Gasteiger partial charge in [0.05, 0.1) is 30.4 Å². The second-order valence-corrected chi connectivity index (χ2v) is 6.33. The fraction of sp³-hybridized carbons (Fsp3) is 0.474. The zero-order valence-electron chi connectivity index (χ0n) is 14.4. The maximum Gasteiger partial charge on any atom is 0.236 e. The maximum absolute atomic E-state index is 12.6. The van der Waals surface area contributed by atoms with E-state index in [0.29, 0.717) is 38.3 Å². The van der Waals surface area contributed by atoms with Crippen molar-refractivity contribution in [3.63, 3.8) is 0 Å². The molecule has 2 atom stereocenters. The number of nitriles is 1. The van der Waals surface area contributed by atoms with E-state index in [9.17, 15) is 4.79 Å². The molecular weight excluding hydrogens is 302 g/mol. The quantitative estimate of drug-likeness (QED) is 0.752. The third-order valence-electron chi connectivity index (χ3n) is 3.98. The highest BCUT2D eigenvalue weighted by molar-refractivity contribution is 5.78. The Bertz CT molecular complexity index is 613. The smallest absolute Gasteiger partial charge is 0.236 e. The number of nitrogens with zero attached hydrogens (tertiary/aromatic N) is 3. The Kier molecular flexibility index (Phi) is 6.53. The summed E-state index contributed by atoms with van der Waals surface area (Å²) in [7, 11) is 0. The molecule has 0 saturated carbocycles. The van der Waals surface area contributed by atoms with Gasteiger partial charge in [-0.2, -0.15) is 5.26 Å². The lowest BCUT2D eigenvalue weighted by Gasteiger charge is -2.36. The number of morpholine rings is 1. The molecule has 0 bridgehead atoms. The van der Waals surface area contributed by atoms with Gasteiger partial charge in [0.2, 0.25) is 5.91 Å². The number of hydrogen-bond acceptors (Lipinski definition) is 4. The number of benzene rings is 1. The van der Waals surface area contributed by atoms with E-state index in [2.05, 4.69) is 12.6 Å². The molecule has 2 rings (SSSR count). The Morgan fingerprint density at radius 3 is 2.79 bits per heavy atom. The predicted molar refractivity (Wildman–Crippen MR) is 93.2 cm³/mol. The molecule has 1 aliphatic heterocycles. The van der Waals surface area contributed by atoms with E-state index in [0.717, 1.165) is 5.56 Å². The van der Waals surface area contributed by atoms with Crippen LogP contribution in [0.15, 0.2) is 36.9 Å². The van der Waals surface area contributed by atoms with Crippen molar-refractivity contribution < 1.29 is 9.53 Å². The molecule has 24 heavy (non-hydrogen) atoms. The second kappa shape index (κ2) is 8.62. The van der Waals surface area contributed by atoms with Crippen molar-refractivity contribution in [3.8, 4) is 6.07 Å². The van der Waals surface area contributed by atoms with Crippen molar-refractivity contribution in [3.05, 3.63) is 48.0 Å². The summed E-state index contributed by atoms with van der Waals surface area (Å²) in [6.07, 6.45) is 1.93. The summed E-state index contributed by atoms with van der Waals surface area (Å²) in [6, 6.07) is 9.63. The van der Waals surface area contributed by atoms with Gasteiger partial charge in [0.15, 0.2) is 0 Å². The van der Waals surface area contributed by atoms with Gasteiger partial charge in [-0.05, 0) is 31.5 Å². The summed E-state index contributed by atoms with van der Waals surface area (Å²) < 4.78 is 5.69. The topological polar surface area (TPSA) is 56.6 Å². The van der Waals surface area contributed by atoms with Crippen molar-refractivity contribution >= 4 is 5.91 Å². The van der Waals surface area contributed by atoms with Gasteiger partial charge < -0.3 is 9.64 Å². The normalized spacial score (nSPS) is 20.7. The van der Waals surface area contributed by atoms with Gasteiger partial charge in [0.1, 0.15) is 0 Å². The van der Waals surface area contributed by atoms with Gasteiger partial charge in [0.25, 0.3) is 0 Å². The summed E-state index contributed by atoms with van der Waals surface area (Å²) in [5, 5.41) is 9.01. The Hall–Kier alpha value is -2.16. The molecule has 5 nitrogen and oxygen atoms in total. The average molecular weight is 327 g/mol. The predicted octanol–water partition coefficient (Wildman–Crippen LogP) is 2.18. The molecular formula is C19H25N3O2. The Morgan fingerprint density at radius 1 is 1.46 bits per heavy atom. The molecule has 0 radical (unpaired) electrons. The van der Waals surface area contributed by atoms with Crippen LogP contribution in [0.1, 0.15) is 25.0 Å². The van der Waals surface area contributed by atoms with Crippen LogP contribution >= 0.6 is 0 Å². The second-order valence-electron chi connectivity index (χ2n) is 6.33. The van der Waals surface area contributed by atoms with Crippen molar-refractivity contribution in [1.82, 2.24) is 9.80 Å². The van der Waals surface area contributed by atoms with E-state index in [-0.39, 0.29) is 18.1 Å². The minimum Gasteiger partial charge on any atom is -0.372 e. The molecule has 1 aromatic rings. The molecule has 128 valence electrons. The van der Waals surface area contributed by atoms with Crippen molar-refractivity contribution in [2.45, 2.75) is 32.6 Å². The van der Waals surface area contributed by atoms with Crippen LogP contribution in [-0.2, 0) is 16.1 Å². The highest BCUT2D eigenvalue weighted by atomic mass is 16.5. The van der Waals surface area contributed by atoms with E-state index in [1.54, 1.807) is 12.1 Å². The zero-order chi connectivity index (χ0) is 17.5. The average Bonchev–Trinajstić information content (AvgIpc) is 2.54.